The van der Waals surface area contributed by atoms with Crippen LogP contribution in [0.25, 0.3) is 0 Å². The monoisotopic (exact) mass is 321 g/mol. The highest BCUT2D eigenvalue weighted by molar-refractivity contribution is 7.15. The van der Waals surface area contributed by atoms with E-state index in [-0.39, 0.29) is 0 Å². The molecule has 1 N–H and O–H groups in total. The third kappa shape index (κ3) is 3.84. The second-order valence-corrected chi connectivity index (χ2v) is 8.06. The number of aryl methyl sites for hydroxylation is 1. The van der Waals surface area contributed by atoms with Gasteiger partial charge in [-0.15, -0.1) is 22.7 Å². The second-order valence-electron chi connectivity index (χ2n) is 5.96. The van der Waals surface area contributed by atoms with Gasteiger partial charge in [-0.1, -0.05) is 6.07 Å². The highest BCUT2D eigenvalue weighted by atomic mass is 32.1. The minimum Gasteiger partial charge on any atom is -0.341 e. The van der Waals surface area contributed by atoms with Gasteiger partial charge in [0.05, 0.1) is 12.2 Å². The van der Waals surface area contributed by atoms with Crippen molar-refractivity contribution >= 4 is 27.8 Å². The number of thiazole rings is 1. The molecule has 0 bridgehead atoms. The highest BCUT2D eigenvalue weighted by Gasteiger charge is 2.22. The maximum Gasteiger partial charge on any atom is 0.186 e. The van der Waals surface area contributed by atoms with Gasteiger partial charge in [0, 0.05) is 28.4 Å². The number of nitrogens with zero attached hydrogens (tertiary/aromatic N) is 2. The lowest BCUT2D eigenvalue weighted by molar-refractivity contribution is 0.683. The van der Waals surface area contributed by atoms with E-state index in [4.69, 9.17) is 4.98 Å². The van der Waals surface area contributed by atoms with Gasteiger partial charge in [0.1, 0.15) is 0 Å². The molecule has 0 radical (unpaired) electrons. The number of rotatable bonds is 7. The van der Waals surface area contributed by atoms with Crippen molar-refractivity contribution in [3.05, 3.63) is 33.0 Å². The standard InChI is InChI=1S/C16H23N3S2/c1-11(2)19(10-14-5-4-8-20-14)16-18-12(3)15(21-16)9-17-13-6-7-13/h4-5,8,11,13,17H,6-7,9-10H2,1-3H3. The van der Waals surface area contributed by atoms with Crippen LogP contribution in [-0.4, -0.2) is 17.1 Å². The van der Waals surface area contributed by atoms with E-state index >= 15 is 0 Å². The van der Waals surface area contributed by atoms with Crippen LogP contribution in [0.4, 0.5) is 5.13 Å². The molecule has 3 nitrogen and oxygen atoms in total. The van der Waals surface area contributed by atoms with E-state index in [0.29, 0.717) is 6.04 Å². The maximum absolute atomic E-state index is 4.82. The van der Waals surface area contributed by atoms with Crippen LogP contribution < -0.4 is 10.2 Å². The van der Waals surface area contributed by atoms with Gasteiger partial charge in [-0.2, -0.15) is 0 Å². The van der Waals surface area contributed by atoms with E-state index in [1.807, 2.05) is 22.7 Å². The van der Waals surface area contributed by atoms with Gasteiger partial charge in [0.2, 0.25) is 0 Å². The number of aromatic nitrogens is 1. The highest BCUT2D eigenvalue weighted by Crippen LogP contribution is 2.30. The van der Waals surface area contributed by atoms with Gasteiger partial charge < -0.3 is 10.2 Å². The fourth-order valence-electron chi connectivity index (χ4n) is 2.27. The Hall–Kier alpha value is -0.910. The first-order chi connectivity index (χ1) is 10.1. The smallest absolute Gasteiger partial charge is 0.186 e. The number of anilines is 1. The Morgan fingerprint density at radius 2 is 2.24 bits per heavy atom. The van der Waals surface area contributed by atoms with E-state index in [1.165, 1.54) is 28.3 Å². The number of hydrogen-bond donors (Lipinski definition) is 1. The molecule has 1 aliphatic rings. The number of hydrogen-bond acceptors (Lipinski definition) is 5. The first kappa shape index (κ1) is 15.0. The lowest BCUT2D eigenvalue weighted by Crippen LogP contribution is -2.29. The Morgan fingerprint density at radius 3 is 2.86 bits per heavy atom. The van der Waals surface area contributed by atoms with Gasteiger partial charge in [0.15, 0.2) is 5.13 Å². The van der Waals surface area contributed by atoms with Crippen molar-refractivity contribution in [2.24, 2.45) is 0 Å². The molecule has 5 heteroatoms. The van der Waals surface area contributed by atoms with Crippen molar-refractivity contribution in [1.82, 2.24) is 10.3 Å². The summed E-state index contributed by atoms with van der Waals surface area (Å²) in [5, 5.41) is 6.90. The van der Waals surface area contributed by atoms with Gasteiger partial charge in [-0.05, 0) is 45.1 Å². The summed E-state index contributed by atoms with van der Waals surface area (Å²) in [7, 11) is 0. The zero-order chi connectivity index (χ0) is 14.8. The van der Waals surface area contributed by atoms with Crippen molar-refractivity contribution in [3.8, 4) is 0 Å². The molecule has 0 spiro atoms. The van der Waals surface area contributed by atoms with Gasteiger partial charge >= 0.3 is 0 Å². The minimum absolute atomic E-state index is 0.460. The van der Waals surface area contributed by atoms with Crippen LogP contribution in [-0.2, 0) is 13.1 Å². The Kier molecular flexibility index (Phi) is 4.62. The van der Waals surface area contributed by atoms with Gasteiger partial charge in [-0.3, -0.25) is 0 Å². The Morgan fingerprint density at radius 1 is 1.43 bits per heavy atom. The van der Waals surface area contributed by atoms with E-state index < -0.39 is 0 Å². The third-order valence-corrected chi connectivity index (χ3v) is 5.84. The summed E-state index contributed by atoms with van der Waals surface area (Å²) >= 11 is 3.66. The minimum atomic E-state index is 0.460. The molecule has 3 rings (SSSR count). The molecule has 0 saturated heterocycles. The summed E-state index contributed by atoms with van der Waals surface area (Å²) in [6, 6.07) is 5.54. The van der Waals surface area contributed by atoms with Crippen LogP contribution in [0.1, 0.15) is 42.1 Å². The van der Waals surface area contributed by atoms with Crippen molar-refractivity contribution in [2.45, 2.75) is 58.8 Å². The molecule has 2 aromatic heterocycles. The molecule has 2 aromatic rings. The summed E-state index contributed by atoms with van der Waals surface area (Å²) < 4.78 is 0. The van der Waals surface area contributed by atoms with Gasteiger partial charge in [-0.25, -0.2) is 4.98 Å². The fourth-order valence-corrected chi connectivity index (χ4v) is 4.11. The topological polar surface area (TPSA) is 28.2 Å². The fraction of sp³-hybridized carbons (Fsp3) is 0.562. The average molecular weight is 322 g/mol. The average Bonchev–Trinajstić information content (AvgIpc) is 2.99. The summed E-state index contributed by atoms with van der Waals surface area (Å²) in [6.07, 6.45) is 2.67. The Balaban J connectivity index is 1.73. The quantitative estimate of drug-likeness (QED) is 0.829. The first-order valence-electron chi connectivity index (χ1n) is 7.62. The summed E-state index contributed by atoms with van der Waals surface area (Å²) in [4.78, 5) is 10.0. The molecule has 0 atom stereocenters. The van der Waals surface area contributed by atoms with Crippen molar-refractivity contribution in [3.63, 3.8) is 0 Å². The van der Waals surface area contributed by atoms with Crippen LogP contribution in [0, 0.1) is 6.92 Å². The van der Waals surface area contributed by atoms with Crippen LogP contribution >= 0.6 is 22.7 Å². The predicted octanol–water partition coefficient (Wildman–Crippen LogP) is 4.18. The maximum atomic E-state index is 4.82. The second kappa shape index (κ2) is 6.46. The molecule has 0 amide bonds. The molecule has 1 fully saturated rings. The molecule has 1 aliphatic carbocycles. The molecule has 2 heterocycles. The largest absolute Gasteiger partial charge is 0.341 e. The lowest BCUT2D eigenvalue weighted by Gasteiger charge is -2.25. The molecule has 1 saturated carbocycles. The van der Waals surface area contributed by atoms with Crippen LogP contribution in [0.3, 0.4) is 0 Å². The Labute approximate surface area is 135 Å². The first-order valence-corrected chi connectivity index (χ1v) is 9.32. The molecule has 21 heavy (non-hydrogen) atoms. The molecule has 0 aromatic carbocycles. The zero-order valence-electron chi connectivity index (χ0n) is 12.9. The number of thiophene rings is 1. The lowest BCUT2D eigenvalue weighted by atomic mass is 10.3. The summed E-state index contributed by atoms with van der Waals surface area (Å²) in [5.74, 6) is 0. The van der Waals surface area contributed by atoms with Gasteiger partial charge in [0.25, 0.3) is 0 Å². The van der Waals surface area contributed by atoms with Crippen molar-refractivity contribution in [1.29, 1.82) is 0 Å². The van der Waals surface area contributed by atoms with Crippen LogP contribution in [0.2, 0.25) is 0 Å². The molecular weight excluding hydrogens is 298 g/mol. The van der Waals surface area contributed by atoms with Crippen molar-refractivity contribution < 1.29 is 0 Å². The van der Waals surface area contributed by atoms with Crippen LogP contribution in [0.5, 0.6) is 0 Å². The molecular formula is C16H23N3S2. The summed E-state index contributed by atoms with van der Waals surface area (Å²) in [6.45, 7) is 8.55. The van der Waals surface area contributed by atoms with Crippen LogP contribution in [0.15, 0.2) is 17.5 Å². The zero-order valence-corrected chi connectivity index (χ0v) is 14.6. The van der Waals surface area contributed by atoms with E-state index in [9.17, 15) is 0 Å². The Bertz CT molecular complexity index is 570. The molecule has 114 valence electrons. The van der Waals surface area contributed by atoms with E-state index in [2.05, 4.69) is 48.5 Å². The van der Waals surface area contributed by atoms with E-state index in [0.717, 1.165) is 24.3 Å². The molecule has 0 aliphatic heterocycles. The number of nitrogens with one attached hydrogen (secondary N) is 1. The van der Waals surface area contributed by atoms with Crippen molar-refractivity contribution in [2.75, 3.05) is 4.90 Å². The SMILES string of the molecule is Cc1nc(N(Cc2cccs2)C(C)C)sc1CNC1CC1. The molecule has 0 unspecified atom stereocenters. The third-order valence-electron chi connectivity index (χ3n) is 3.79. The predicted molar refractivity (Wildman–Crippen MR) is 92.4 cm³/mol. The summed E-state index contributed by atoms with van der Waals surface area (Å²) in [5.41, 5.74) is 1.18. The normalized spacial score (nSPS) is 14.9. The van der Waals surface area contributed by atoms with E-state index in [1.54, 1.807) is 0 Å².